The summed E-state index contributed by atoms with van der Waals surface area (Å²) in [5.74, 6) is -1.25. The van der Waals surface area contributed by atoms with Crippen molar-refractivity contribution in [2.24, 2.45) is 5.92 Å². The fraction of sp³-hybridized carbons (Fsp3) is 0.714. The molecule has 0 aromatic rings. The van der Waals surface area contributed by atoms with Crippen LogP contribution in [0.4, 0.5) is 0 Å². The molecule has 1 rings (SSSR count). The van der Waals surface area contributed by atoms with Crippen LogP contribution in [0, 0.1) is 5.92 Å². The van der Waals surface area contributed by atoms with Gasteiger partial charge in [-0.1, -0.05) is 12.2 Å². The molecule has 1 aliphatic rings. The minimum absolute atomic E-state index is 0.0566. The summed E-state index contributed by atoms with van der Waals surface area (Å²) in [5.41, 5.74) is 0. The van der Waals surface area contributed by atoms with E-state index in [1.165, 1.54) is 6.92 Å². The number of allylic oxidation sites excluding steroid dienone is 1. The van der Waals surface area contributed by atoms with Crippen LogP contribution >= 0.6 is 0 Å². The zero-order chi connectivity index (χ0) is 16.0. The number of nitrogens with one attached hydrogen (secondary N) is 2. The zero-order valence-electron chi connectivity index (χ0n) is 12.3. The molecule has 1 aliphatic heterocycles. The summed E-state index contributed by atoms with van der Waals surface area (Å²) in [4.78, 5) is 22.5. The van der Waals surface area contributed by atoms with E-state index in [2.05, 4.69) is 10.6 Å². The highest BCUT2D eigenvalue weighted by atomic mass is 16.4. The maximum absolute atomic E-state index is 11.3. The Balaban J connectivity index is 2.90. The van der Waals surface area contributed by atoms with E-state index in [-0.39, 0.29) is 24.3 Å². The molecule has 21 heavy (non-hydrogen) atoms. The molecule has 1 fully saturated rings. The van der Waals surface area contributed by atoms with Gasteiger partial charge in [0.15, 0.2) is 0 Å². The van der Waals surface area contributed by atoms with Crippen molar-refractivity contribution in [1.29, 1.82) is 0 Å². The van der Waals surface area contributed by atoms with Gasteiger partial charge in [-0.05, 0) is 25.7 Å². The molecule has 0 aromatic carbocycles. The van der Waals surface area contributed by atoms with E-state index in [4.69, 9.17) is 10.2 Å². The van der Waals surface area contributed by atoms with Crippen LogP contribution in [-0.2, 0) is 9.59 Å². The summed E-state index contributed by atoms with van der Waals surface area (Å²) in [6.07, 6.45) is 3.38. The van der Waals surface area contributed by atoms with Crippen LogP contribution in [-0.4, -0.2) is 58.0 Å². The van der Waals surface area contributed by atoms with Gasteiger partial charge in [0.2, 0.25) is 5.91 Å². The van der Waals surface area contributed by atoms with Crippen molar-refractivity contribution < 1.29 is 24.9 Å². The third kappa shape index (κ3) is 5.11. The first kappa shape index (κ1) is 17.6. The second kappa shape index (κ2) is 8.11. The molecule has 0 radical (unpaired) electrons. The lowest BCUT2D eigenvalue weighted by Crippen LogP contribution is -2.52. The first-order valence-electron chi connectivity index (χ1n) is 7.06. The number of rotatable bonds is 7. The molecule has 0 unspecified atom stereocenters. The monoisotopic (exact) mass is 300 g/mol. The summed E-state index contributed by atoms with van der Waals surface area (Å²) in [5, 5.41) is 33.5. The Labute approximate surface area is 124 Å². The van der Waals surface area contributed by atoms with Gasteiger partial charge in [0.1, 0.15) is 6.04 Å². The molecule has 7 heteroatoms. The second-order valence-electron chi connectivity index (χ2n) is 5.39. The molecule has 1 heterocycles. The SMILES string of the molecule is C/C=C\[C@@H]1C[C@H](C(=O)O)N[C@H]1[C@H](C[C@@H](O)CO)NC(C)=O. The van der Waals surface area contributed by atoms with Crippen molar-refractivity contribution in [1.82, 2.24) is 10.6 Å². The van der Waals surface area contributed by atoms with Crippen LogP contribution in [0.15, 0.2) is 12.2 Å². The van der Waals surface area contributed by atoms with E-state index in [9.17, 15) is 14.7 Å². The molecule has 7 nitrogen and oxygen atoms in total. The molecule has 0 aliphatic carbocycles. The summed E-state index contributed by atoms with van der Waals surface area (Å²) in [7, 11) is 0. The maximum Gasteiger partial charge on any atom is 0.320 e. The normalized spacial score (nSPS) is 28.5. The standard InChI is InChI=1S/C14H24N2O5/c1-3-4-9-5-12(14(20)21)16-13(9)11(15-8(2)18)6-10(19)7-17/h3-4,9-13,16-17,19H,5-7H2,1-2H3,(H,15,18)(H,20,21)/b4-3-/t9-,10-,11+,12-,13-/m1/s1. The number of hydrogen-bond acceptors (Lipinski definition) is 5. The van der Waals surface area contributed by atoms with Crippen LogP contribution in [0.5, 0.6) is 0 Å². The average molecular weight is 300 g/mol. The highest BCUT2D eigenvalue weighted by Crippen LogP contribution is 2.26. The smallest absolute Gasteiger partial charge is 0.320 e. The van der Waals surface area contributed by atoms with Crippen molar-refractivity contribution in [2.75, 3.05) is 6.61 Å². The molecule has 1 saturated heterocycles. The zero-order valence-corrected chi connectivity index (χ0v) is 12.3. The topological polar surface area (TPSA) is 119 Å². The van der Waals surface area contributed by atoms with E-state index in [1.54, 1.807) is 0 Å². The molecule has 0 spiro atoms. The minimum Gasteiger partial charge on any atom is -0.480 e. The van der Waals surface area contributed by atoms with Crippen molar-refractivity contribution in [2.45, 2.75) is 50.9 Å². The summed E-state index contributed by atoms with van der Waals surface area (Å²) in [6.45, 7) is 2.81. The lowest BCUT2D eigenvalue weighted by Gasteiger charge is -2.29. The molecule has 5 N–H and O–H groups in total. The molecule has 0 bridgehead atoms. The van der Waals surface area contributed by atoms with Crippen molar-refractivity contribution in [3.63, 3.8) is 0 Å². The fourth-order valence-corrected chi connectivity index (χ4v) is 2.80. The first-order valence-corrected chi connectivity index (χ1v) is 7.06. The highest BCUT2D eigenvalue weighted by molar-refractivity contribution is 5.75. The van der Waals surface area contributed by atoms with Gasteiger partial charge in [-0.15, -0.1) is 0 Å². The van der Waals surface area contributed by atoms with E-state index in [1.807, 2.05) is 19.1 Å². The molecular formula is C14H24N2O5. The fourth-order valence-electron chi connectivity index (χ4n) is 2.80. The van der Waals surface area contributed by atoms with Gasteiger partial charge < -0.3 is 20.6 Å². The number of carbonyl (C=O) groups excluding carboxylic acids is 1. The van der Waals surface area contributed by atoms with Crippen LogP contribution in [0.2, 0.25) is 0 Å². The van der Waals surface area contributed by atoms with Gasteiger partial charge in [-0.25, -0.2) is 0 Å². The summed E-state index contributed by atoms with van der Waals surface area (Å²) >= 11 is 0. The van der Waals surface area contributed by atoms with Crippen molar-refractivity contribution in [3.8, 4) is 0 Å². The molecular weight excluding hydrogens is 276 g/mol. The number of aliphatic carboxylic acids is 1. The number of carbonyl (C=O) groups is 2. The number of aliphatic hydroxyl groups excluding tert-OH is 2. The van der Waals surface area contributed by atoms with Gasteiger partial charge in [-0.3, -0.25) is 14.9 Å². The summed E-state index contributed by atoms with van der Waals surface area (Å²) < 4.78 is 0. The Morgan fingerprint density at radius 2 is 2.14 bits per heavy atom. The van der Waals surface area contributed by atoms with Crippen LogP contribution < -0.4 is 10.6 Å². The average Bonchev–Trinajstić information content (AvgIpc) is 2.82. The largest absolute Gasteiger partial charge is 0.480 e. The Bertz CT molecular complexity index is 399. The molecule has 5 atom stereocenters. The lowest BCUT2D eigenvalue weighted by molar-refractivity contribution is -0.139. The van der Waals surface area contributed by atoms with Gasteiger partial charge in [0.05, 0.1) is 12.7 Å². The molecule has 1 amide bonds. The van der Waals surface area contributed by atoms with E-state index in [0.29, 0.717) is 6.42 Å². The second-order valence-corrected chi connectivity index (χ2v) is 5.39. The Hall–Kier alpha value is -1.44. The van der Waals surface area contributed by atoms with Gasteiger partial charge >= 0.3 is 5.97 Å². The van der Waals surface area contributed by atoms with Crippen LogP contribution in [0.3, 0.4) is 0 Å². The van der Waals surface area contributed by atoms with Crippen LogP contribution in [0.1, 0.15) is 26.7 Å². The third-order valence-corrected chi connectivity index (χ3v) is 3.66. The number of amides is 1. The minimum atomic E-state index is -0.959. The maximum atomic E-state index is 11.3. The number of carboxylic acid groups (broad SMARTS) is 1. The van der Waals surface area contributed by atoms with Gasteiger partial charge in [-0.2, -0.15) is 0 Å². The molecule has 0 saturated carbocycles. The predicted octanol–water partition coefficient (Wildman–Crippen LogP) is -0.758. The predicted molar refractivity (Wildman–Crippen MR) is 76.6 cm³/mol. The van der Waals surface area contributed by atoms with Crippen molar-refractivity contribution >= 4 is 11.9 Å². The molecule has 0 aromatic heterocycles. The van der Waals surface area contributed by atoms with E-state index in [0.717, 1.165) is 0 Å². The Morgan fingerprint density at radius 1 is 1.48 bits per heavy atom. The number of hydrogen-bond donors (Lipinski definition) is 5. The first-order chi connectivity index (χ1) is 9.88. The number of carboxylic acids is 1. The summed E-state index contributed by atoms with van der Waals surface area (Å²) in [6, 6.07) is -1.43. The lowest BCUT2D eigenvalue weighted by atomic mass is 9.90. The quantitative estimate of drug-likeness (QED) is 0.394. The van der Waals surface area contributed by atoms with Crippen LogP contribution in [0.25, 0.3) is 0 Å². The van der Waals surface area contributed by atoms with Gasteiger partial charge in [0.25, 0.3) is 0 Å². The highest BCUT2D eigenvalue weighted by Gasteiger charge is 2.40. The van der Waals surface area contributed by atoms with E-state index < -0.39 is 30.8 Å². The third-order valence-electron chi connectivity index (χ3n) is 3.66. The van der Waals surface area contributed by atoms with Gasteiger partial charge in [0, 0.05) is 19.0 Å². The number of aliphatic hydroxyl groups is 2. The van der Waals surface area contributed by atoms with Crippen molar-refractivity contribution in [3.05, 3.63) is 12.2 Å². The Morgan fingerprint density at radius 3 is 2.62 bits per heavy atom. The van der Waals surface area contributed by atoms with E-state index >= 15 is 0 Å². The Kier molecular flexibility index (Phi) is 6.80. The molecule has 120 valence electrons.